The Morgan fingerprint density at radius 3 is 2.26 bits per heavy atom. The molecular formula is C19H24NOPS. The number of nitrogens with zero attached hydrogens (tertiary/aromatic N) is 1. The van der Waals surface area contributed by atoms with Crippen molar-refractivity contribution in [2.45, 2.75) is 34.8 Å². The lowest BCUT2D eigenvalue weighted by Crippen LogP contribution is -2.32. The van der Waals surface area contributed by atoms with Crippen LogP contribution in [0.5, 0.6) is 0 Å². The summed E-state index contributed by atoms with van der Waals surface area (Å²) in [5.41, 5.74) is 0. The highest BCUT2D eigenvalue weighted by Crippen LogP contribution is 2.61. The van der Waals surface area contributed by atoms with Crippen LogP contribution in [0.3, 0.4) is 0 Å². The van der Waals surface area contributed by atoms with Crippen LogP contribution in [0.25, 0.3) is 0 Å². The molecule has 0 bridgehead atoms. The van der Waals surface area contributed by atoms with Gasteiger partial charge in [-0.05, 0) is 53.2 Å². The van der Waals surface area contributed by atoms with Crippen LogP contribution >= 0.6 is 19.0 Å². The van der Waals surface area contributed by atoms with Gasteiger partial charge in [0.25, 0.3) is 0 Å². The second kappa shape index (κ2) is 6.57. The van der Waals surface area contributed by atoms with Gasteiger partial charge in [0.2, 0.25) is 0 Å². The minimum atomic E-state index is -1.07. The molecule has 0 amide bonds. The summed E-state index contributed by atoms with van der Waals surface area (Å²) >= 11 is 0. The van der Waals surface area contributed by atoms with Gasteiger partial charge in [0.05, 0.1) is 15.1 Å². The molecule has 3 atom stereocenters. The van der Waals surface area contributed by atoms with E-state index in [4.69, 9.17) is 4.52 Å². The van der Waals surface area contributed by atoms with Crippen LogP contribution in [0.1, 0.15) is 12.8 Å². The van der Waals surface area contributed by atoms with Crippen LogP contribution in [-0.2, 0) is 4.52 Å². The highest BCUT2D eigenvalue weighted by Gasteiger charge is 2.41. The van der Waals surface area contributed by atoms with Crippen molar-refractivity contribution >= 4 is 19.0 Å². The van der Waals surface area contributed by atoms with Crippen LogP contribution in [0.15, 0.2) is 70.5 Å². The number of hydrogen-bond acceptors (Lipinski definition) is 2. The van der Waals surface area contributed by atoms with E-state index in [0.717, 1.165) is 5.75 Å². The molecular weight excluding hydrogens is 321 g/mol. The predicted molar refractivity (Wildman–Crippen MR) is 101 cm³/mol. The fourth-order valence-corrected chi connectivity index (χ4v) is 8.18. The molecule has 0 aliphatic carbocycles. The first-order valence-electron chi connectivity index (χ1n) is 8.31. The van der Waals surface area contributed by atoms with Crippen molar-refractivity contribution in [2.75, 3.05) is 18.6 Å². The van der Waals surface area contributed by atoms with Crippen molar-refractivity contribution in [3.63, 3.8) is 0 Å². The van der Waals surface area contributed by atoms with Crippen LogP contribution in [0.4, 0.5) is 0 Å². The third kappa shape index (κ3) is 2.96. The van der Waals surface area contributed by atoms with E-state index in [1.807, 2.05) is 0 Å². The third-order valence-electron chi connectivity index (χ3n) is 5.07. The summed E-state index contributed by atoms with van der Waals surface area (Å²) in [7, 11) is -0.495. The minimum absolute atomic E-state index is 0.385. The fourth-order valence-electron chi connectivity index (χ4n) is 3.75. The molecule has 2 saturated heterocycles. The highest BCUT2D eigenvalue weighted by molar-refractivity contribution is 8.33. The predicted octanol–water partition coefficient (Wildman–Crippen LogP) is 4.91. The molecule has 1 unspecified atom stereocenters. The second-order valence-corrected chi connectivity index (χ2v) is 11.0. The van der Waals surface area contributed by atoms with Gasteiger partial charge in [0.1, 0.15) is 0 Å². The Hall–Kier alpha value is -0.860. The Balaban J connectivity index is 1.69. The van der Waals surface area contributed by atoms with Crippen molar-refractivity contribution in [1.29, 1.82) is 0 Å². The van der Waals surface area contributed by atoms with E-state index in [1.54, 1.807) is 0 Å². The zero-order valence-corrected chi connectivity index (χ0v) is 15.3. The lowest BCUT2D eigenvalue weighted by atomic mass is 10.1. The maximum atomic E-state index is 6.23. The normalized spacial score (nSPS) is 26.5. The van der Waals surface area contributed by atoms with Gasteiger partial charge in [0, 0.05) is 18.3 Å². The number of hydrogen-bond donors (Lipinski definition) is 0. The van der Waals surface area contributed by atoms with Crippen molar-refractivity contribution in [1.82, 2.24) is 4.67 Å². The third-order valence-corrected chi connectivity index (χ3v) is 9.89. The second-order valence-electron chi connectivity index (χ2n) is 6.53. The number of rotatable bonds is 4. The maximum absolute atomic E-state index is 6.23. The van der Waals surface area contributed by atoms with Gasteiger partial charge in [-0.3, -0.25) is 4.67 Å². The molecule has 4 heteroatoms. The summed E-state index contributed by atoms with van der Waals surface area (Å²) in [6.45, 7) is 1.22. The summed E-state index contributed by atoms with van der Waals surface area (Å²) in [5.74, 6) is 1.13. The summed E-state index contributed by atoms with van der Waals surface area (Å²) in [6, 6.07) is 22.7. The molecule has 4 rings (SSSR count). The van der Waals surface area contributed by atoms with Gasteiger partial charge in [-0.1, -0.05) is 36.4 Å². The van der Waals surface area contributed by atoms with Crippen LogP contribution in [0, 0.1) is 0 Å². The first kappa shape index (κ1) is 15.7. The average Bonchev–Trinajstić information content (AvgIpc) is 3.21. The first-order chi connectivity index (χ1) is 11.3. The molecule has 2 heterocycles. The van der Waals surface area contributed by atoms with E-state index in [-0.39, 0.29) is 0 Å². The van der Waals surface area contributed by atoms with Gasteiger partial charge in [-0.25, -0.2) is 0 Å². The highest BCUT2D eigenvalue weighted by atomic mass is 32.3. The molecule has 0 saturated carbocycles. The largest absolute Gasteiger partial charge is 0.341 e. The van der Waals surface area contributed by atoms with Crippen molar-refractivity contribution in [3.05, 3.63) is 60.7 Å². The van der Waals surface area contributed by atoms with Gasteiger partial charge < -0.3 is 4.52 Å². The van der Waals surface area contributed by atoms with E-state index in [0.29, 0.717) is 21.1 Å². The van der Waals surface area contributed by atoms with E-state index in [1.165, 1.54) is 29.2 Å². The zero-order valence-electron chi connectivity index (χ0n) is 13.5. The summed E-state index contributed by atoms with van der Waals surface area (Å²) in [5, 5.41) is 0. The van der Waals surface area contributed by atoms with Crippen LogP contribution in [-0.4, -0.2) is 35.4 Å². The van der Waals surface area contributed by atoms with Gasteiger partial charge in [0.15, 0.2) is 0 Å². The van der Waals surface area contributed by atoms with E-state index in [9.17, 15) is 0 Å². The van der Waals surface area contributed by atoms with Crippen molar-refractivity contribution in [3.8, 4) is 0 Å². The van der Waals surface area contributed by atoms with E-state index < -0.39 is 10.0 Å². The molecule has 2 nitrogen and oxygen atoms in total. The van der Waals surface area contributed by atoms with Gasteiger partial charge in [-0.2, -0.15) is 10.0 Å². The average molecular weight is 345 g/mol. The summed E-state index contributed by atoms with van der Waals surface area (Å²) in [4.78, 5) is 2.93. The Labute approximate surface area is 142 Å². The molecule has 2 fully saturated rings. The Kier molecular flexibility index (Phi) is 4.47. The SMILES string of the molecule is CS(C[C@H]1OPN2CCC[C@@H]12)(c1ccccc1)c1ccccc1. The molecule has 0 N–H and O–H groups in total. The van der Waals surface area contributed by atoms with Gasteiger partial charge in [-0.15, -0.1) is 0 Å². The molecule has 23 heavy (non-hydrogen) atoms. The molecule has 122 valence electrons. The maximum Gasteiger partial charge on any atom is 0.0898 e. The Morgan fingerprint density at radius 2 is 1.65 bits per heavy atom. The molecule has 2 aliphatic heterocycles. The topological polar surface area (TPSA) is 12.5 Å². The Morgan fingerprint density at radius 1 is 1.04 bits per heavy atom. The first-order valence-corrected chi connectivity index (χ1v) is 11.4. The minimum Gasteiger partial charge on any atom is -0.341 e. The smallest absolute Gasteiger partial charge is 0.0898 e. The standard InChI is InChI=1S/C19H24NOPS/c1-23(16-9-4-2-5-10-16,17-11-6-3-7-12-17)15-19-18-13-8-14-20(18)22-21-19/h2-7,9-12,18-19,22H,8,13-15H2,1H3/t18-,19+/m0/s1. The monoisotopic (exact) mass is 345 g/mol. The summed E-state index contributed by atoms with van der Waals surface area (Å²) < 4.78 is 8.79. The lowest BCUT2D eigenvalue weighted by molar-refractivity contribution is 0.237. The molecule has 2 aromatic rings. The van der Waals surface area contributed by atoms with Crippen LogP contribution < -0.4 is 0 Å². The fraction of sp³-hybridized carbons (Fsp3) is 0.368. The molecule has 0 radical (unpaired) electrons. The quantitative estimate of drug-likeness (QED) is 0.730. The van der Waals surface area contributed by atoms with Gasteiger partial charge >= 0.3 is 0 Å². The molecule has 0 spiro atoms. The Bertz CT molecular complexity index is 611. The molecule has 2 aliphatic rings. The molecule has 0 aromatic heterocycles. The lowest BCUT2D eigenvalue weighted by Gasteiger charge is -2.39. The van der Waals surface area contributed by atoms with E-state index in [2.05, 4.69) is 71.6 Å². The van der Waals surface area contributed by atoms with Crippen molar-refractivity contribution < 1.29 is 4.52 Å². The number of benzene rings is 2. The molecule has 2 aromatic carbocycles. The van der Waals surface area contributed by atoms with Crippen molar-refractivity contribution in [2.24, 2.45) is 0 Å². The summed E-state index contributed by atoms with van der Waals surface area (Å²) in [6.07, 6.45) is 5.48. The number of fused-ring (bicyclic) bond motifs is 1. The zero-order chi connectivity index (χ0) is 15.7. The van der Waals surface area contributed by atoms with E-state index >= 15 is 0 Å². The van der Waals surface area contributed by atoms with Crippen LogP contribution in [0.2, 0.25) is 0 Å².